The molecule has 0 bridgehead atoms. The van der Waals surface area contributed by atoms with Crippen LogP contribution in [0.4, 0.5) is 13.2 Å². The van der Waals surface area contributed by atoms with Gasteiger partial charge in [-0.1, -0.05) is 45.4 Å². The molecule has 2 aromatic rings. The van der Waals surface area contributed by atoms with Crippen molar-refractivity contribution in [2.75, 3.05) is 13.1 Å². The molecule has 3 rings (SSSR count). The SMILES string of the molecule is CCCCNC(=O)[C@@H]1N(C(=O)[C@@H](O)[C@H](Cc2cccc(F)c2)NC(=O)c2cccc(O)c2C)CC(F)(F)C1(C)C. The van der Waals surface area contributed by atoms with Crippen LogP contribution in [0.25, 0.3) is 0 Å². The lowest BCUT2D eigenvalue weighted by atomic mass is 9.81. The number of alkyl halides is 2. The molecular weight excluding hydrogens is 527 g/mol. The maximum Gasteiger partial charge on any atom is 0.272 e. The summed E-state index contributed by atoms with van der Waals surface area (Å²) in [4.78, 5) is 40.4. The van der Waals surface area contributed by atoms with Gasteiger partial charge >= 0.3 is 0 Å². The third kappa shape index (κ3) is 6.41. The van der Waals surface area contributed by atoms with Crippen LogP contribution in [-0.2, 0) is 16.0 Å². The van der Waals surface area contributed by atoms with E-state index in [1.807, 2.05) is 6.92 Å². The first kappa shape index (κ1) is 30.9. The van der Waals surface area contributed by atoms with E-state index >= 15 is 8.78 Å². The van der Waals surface area contributed by atoms with E-state index < -0.39 is 59.6 Å². The highest BCUT2D eigenvalue weighted by molar-refractivity contribution is 5.97. The van der Waals surface area contributed by atoms with E-state index in [0.29, 0.717) is 16.9 Å². The summed E-state index contributed by atoms with van der Waals surface area (Å²) in [6, 6.07) is 6.58. The largest absolute Gasteiger partial charge is 0.508 e. The van der Waals surface area contributed by atoms with Crippen molar-refractivity contribution in [3.8, 4) is 5.75 Å². The quantitative estimate of drug-likeness (QED) is 0.331. The van der Waals surface area contributed by atoms with Gasteiger partial charge in [0.1, 0.15) is 17.6 Å². The number of hydrogen-bond acceptors (Lipinski definition) is 5. The number of amides is 3. The molecule has 0 unspecified atom stereocenters. The highest BCUT2D eigenvalue weighted by Crippen LogP contribution is 2.48. The number of carbonyl (C=O) groups excluding carboxylic acids is 3. The van der Waals surface area contributed by atoms with Crippen molar-refractivity contribution in [3.05, 3.63) is 65.0 Å². The van der Waals surface area contributed by atoms with Gasteiger partial charge < -0.3 is 25.7 Å². The van der Waals surface area contributed by atoms with E-state index in [2.05, 4.69) is 10.6 Å². The van der Waals surface area contributed by atoms with Gasteiger partial charge in [0, 0.05) is 17.7 Å². The molecule has 0 spiro atoms. The molecule has 8 nitrogen and oxygen atoms in total. The number of halogens is 3. The molecule has 4 N–H and O–H groups in total. The van der Waals surface area contributed by atoms with Crippen LogP contribution in [0.1, 0.15) is 55.1 Å². The highest BCUT2D eigenvalue weighted by Gasteiger charge is 2.64. The molecule has 0 saturated carbocycles. The number of benzene rings is 2. The smallest absolute Gasteiger partial charge is 0.272 e. The van der Waals surface area contributed by atoms with E-state index in [1.54, 1.807) is 0 Å². The number of unbranched alkanes of at least 4 members (excludes halogenated alkanes) is 1. The number of phenols is 1. The Morgan fingerprint density at radius 2 is 1.82 bits per heavy atom. The summed E-state index contributed by atoms with van der Waals surface area (Å²) in [5, 5.41) is 26.4. The first-order valence-corrected chi connectivity index (χ1v) is 13.2. The summed E-state index contributed by atoms with van der Waals surface area (Å²) < 4.78 is 44.1. The summed E-state index contributed by atoms with van der Waals surface area (Å²) in [5.74, 6) is -6.87. The Labute approximate surface area is 231 Å². The lowest BCUT2D eigenvalue weighted by Gasteiger charge is -2.34. The molecule has 2 aromatic carbocycles. The Balaban J connectivity index is 1.95. The second kappa shape index (κ2) is 12.3. The standard InChI is InChI=1S/C29H36F3N3O5/c1-5-6-13-33-26(39)24-28(3,4)29(31,32)16-35(24)27(40)23(37)21(15-18-9-7-10-19(30)14-18)34-25(38)20-11-8-12-22(36)17(20)2/h7-12,14,21,23-24,36-37H,5-6,13,15-16H2,1-4H3,(H,33,39)(H,34,38)/t21-,23-,24-/m0/s1. The van der Waals surface area contributed by atoms with Crippen LogP contribution in [-0.4, -0.2) is 70.0 Å². The minimum absolute atomic E-state index is 0.0610. The summed E-state index contributed by atoms with van der Waals surface area (Å²) in [5.41, 5.74) is -1.31. The molecule has 40 heavy (non-hydrogen) atoms. The first-order chi connectivity index (χ1) is 18.7. The Kier molecular flexibility index (Phi) is 9.50. The van der Waals surface area contributed by atoms with Gasteiger partial charge in [-0.25, -0.2) is 13.2 Å². The van der Waals surface area contributed by atoms with Crippen molar-refractivity contribution in [1.29, 1.82) is 0 Å². The third-order valence-corrected chi connectivity index (χ3v) is 7.51. The van der Waals surface area contributed by atoms with E-state index in [0.717, 1.165) is 12.5 Å². The monoisotopic (exact) mass is 563 g/mol. The molecule has 1 aliphatic heterocycles. The molecule has 11 heteroatoms. The van der Waals surface area contributed by atoms with Gasteiger partial charge in [0.15, 0.2) is 6.10 Å². The molecule has 0 aromatic heterocycles. The minimum atomic E-state index is -3.45. The lowest BCUT2D eigenvalue weighted by molar-refractivity contribution is -0.148. The maximum atomic E-state index is 15.1. The minimum Gasteiger partial charge on any atom is -0.508 e. The molecule has 0 aliphatic carbocycles. The Hall–Kier alpha value is -3.60. The number of nitrogens with zero attached hydrogens (tertiary/aromatic N) is 1. The average molecular weight is 564 g/mol. The van der Waals surface area contributed by atoms with E-state index in [1.165, 1.54) is 57.2 Å². The molecule has 3 atom stereocenters. The summed E-state index contributed by atoms with van der Waals surface area (Å²) in [6.07, 6.45) is -0.913. The van der Waals surface area contributed by atoms with Crippen molar-refractivity contribution < 1.29 is 37.8 Å². The number of aliphatic hydroxyl groups excluding tert-OH is 1. The Bertz CT molecular complexity index is 1250. The topological polar surface area (TPSA) is 119 Å². The lowest BCUT2D eigenvalue weighted by Crippen LogP contribution is -2.57. The predicted molar refractivity (Wildman–Crippen MR) is 142 cm³/mol. The van der Waals surface area contributed by atoms with Gasteiger partial charge in [0.2, 0.25) is 5.91 Å². The van der Waals surface area contributed by atoms with Crippen LogP contribution < -0.4 is 10.6 Å². The third-order valence-electron chi connectivity index (χ3n) is 7.51. The molecule has 1 fully saturated rings. The molecular formula is C29H36F3N3O5. The molecule has 3 amide bonds. The Morgan fingerprint density at radius 1 is 1.15 bits per heavy atom. The van der Waals surface area contributed by atoms with Gasteiger partial charge in [-0.2, -0.15) is 0 Å². The van der Waals surface area contributed by atoms with E-state index in [9.17, 15) is 29.0 Å². The van der Waals surface area contributed by atoms with Gasteiger partial charge in [-0.3, -0.25) is 14.4 Å². The maximum absolute atomic E-state index is 15.1. The van der Waals surface area contributed by atoms with Crippen LogP contribution in [0.5, 0.6) is 5.75 Å². The second-order valence-electron chi connectivity index (χ2n) is 10.7. The number of likely N-dealkylation sites (tertiary alicyclic amines) is 1. The molecule has 1 heterocycles. The first-order valence-electron chi connectivity index (χ1n) is 13.2. The van der Waals surface area contributed by atoms with E-state index in [-0.39, 0.29) is 29.8 Å². The number of rotatable bonds is 10. The van der Waals surface area contributed by atoms with Gasteiger partial charge in [-0.05, 0) is 49.6 Å². The number of nitrogens with one attached hydrogen (secondary N) is 2. The number of aromatic hydroxyl groups is 1. The molecule has 1 saturated heterocycles. The predicted octanol–water partition coefficient (Wildman–Crippen LogP) is 3.33. The Morgan fingerprint density at radius 3 is 2.48 bits per heavy atom. The zero-order chi connectivity index (χ0) is 29.8. The number of hydrogen-bond donors (Lipinski definition) is 4. The highest BCUT2D eigenvalue weighted by atomic mass is 19.3. The fourth-order valence-electron chi connectivity index (χ4n) is 4.88. The van der Waals surface area contributed by atoms with Crippen molar-refractivity contribution >= 4 is 17.7 Å². The van der Waals surface area contributed by atoms with Crippen molar-refractivity contribution in [1.82, 2.24) is 15.5 Å². The molecule has 1 aliphatic rings. The van der Waals surface area contributed by atoms with Crippen molar-refractivity contribution in [3.63, 3.8) is 0 Å². The number of carbonyl (C=O) groups is 3. The summed E-state index contributed by atoms with van der Waals surface area (Å²) in [6.45, 7) is 4.91. The van der Waals surface area contributed by atoms with Crippen LogP contribution in [0.3, 0.4) is 0 Å². The van der Waals surface area contributed by atoms with E-state index in [4.69, 9.17) is 0 Å². The fourth-order valence-corrected chi connectivity index (χ4v) is 4.88. The fraction of sp³-hybridized carbons (Fsp3) is 0.483. The zero-order valence-corrected chi connectivity index (χ0v) is 23.0. The molecule has 0 radical (unpaired) electrons. The van der Waals surface area contributed by atoms with Crippen LogP contribution in [0.2, 0.25) is 0 Å². The molecule has 218 valence electrons. The summed E-state index contributed by atoms with van der Waals surface area (Å²) in [7, 11) is 0. The number of phenolic OH excluding ortho intramolecular Hbond substituents is 1. The van der Waals surface area contributed by atoms with Gasteiger partial charge in [0.25, 0.3) is 17.7 Å². The number of aliphatic hydroxyl groups is 1. The van der Waals surface area contributed by atoms with Crippen LogP contribution in [0.15, 0.2) is 42.5 Å². The van der Waals surface area contributed by atoms with Crippen LogP contribution in [0, 0.1) is 18.2 Å². The second-order valence-corrected chi connectivity index (χ2v) is 10.7. The van der Waals surface area contributed by atoms with Crippen LogP contribution >= 0.6 is 0 Å². The van der Waals surface area contributed by atoms with Gasteiger partial charge in [0.05, 0.1) is 18.0 Å². The summed E-state index contributed by atoms with van der Waals surface area (Å²) >= 11 is 0. The van der Waals surface area contributed by atoms with Crippen molar-refractivity contribution in [2.24, 2.45) is 5.41 Å². The van der Waals surface area contributed by atoms with Crippen molar-refractivity contribution in [2.45, 2.75) is 71.1 Å². The zero-order valence-electron chi connectivity index (χ0n) is 23.0. The average Bonchev–Trinajstić information content (AvgIpc) is 3.08. The van der Waals surface area contributed by atoms with Gasteiger partial charge in [-0.15, -0.1) is 0 Å². The normalized spacial score (nSPS) is 19.1.